The molecule has 0 aliphatic rings. The smallest absolute Gasteiger partial charge is 0.387 e. The summed E-state index contributed by atoms with van der Waals surface area (Å²) < 4.78 is 35.3. The molecule has 0 spiro atoms. The third-order valence-electron chi connectivity index (χ3n) is 4.06. The van der Waals surface area contributed by atoms with Crippen LogP contribution in [0.25, 0.3) is 0 Å². The number of ketones is 1. The van der Waals surface area contributed by atoms with E-state index >= 15 is 0 Å². The number of hydrogen-bond donors (Lipinski definition) is 1. The van der Waals surface area contributed by atoms with E-state index in [1.165, 1.54) is 19.2 Å². The Morgan fingerprint density at radius 3 is 2.27 bits per heavy atom. The molecule has 0 saturated heterocycles. The first kappa shape index (κ1) is 22.8. The molecule has 1 aromatic carbocycles. The molecule has 1 aromatic heterocycles. The molecule has 1 heterocycles. The van der Waals surface area contributed by atoms with Gasteiger partial charge in [-0.25, -0.2) is 9.59 Å². The SMILES string of the molecule is CC(C)Cn1c(N)c(C(=O)COC(=O)c2ccc(OC(F)F)cc2)c(=O)n(C)c1=O. The van der Waals surface area contributed by atoms with Gasteiger partial charge < -0.3 is 15.2 Å². The molecule has 0 aliphatic carbocycles. The molecule has 2 N–H and O–H groups in total. The number of esters is 1. The molecule has 2 rings (SSSR count). The fraction of sp³-hybridized carbons (Fsp3) is 0.368. The fourth-order valence-electron chi connectivity index (χ4n) is 2.65. The standard InChI is InChI=1S/C19H21F2N3O6/c1-10(2)8-24-15(22)14(16(26)23(3)19(24)28)13(25)9-29-17(27)11-4-6-12(7-5-11)30-18(20)21/h4-7,10,18H,8-9,22H2,1-3H3. The number of carbonyl (C=O) groups excluding carboxylic acids is 2. The Balaban J connectivity index is 2.20. The Bertz CT molecular complexity index is 1060. The summed E-state index contributed by atoms with van der Waals surface area (Å²) in [7, 11) is 1.22. The van der Waals surface area contributed by atoms with Crippen LogP contribution in [0.5, 0.6) is 5.75 Å². The summed E-state index contributed by atoms with van der Waals surface area (Å²) in [5.41, 5.74) is 3.86. The molecule has 0 atom stereocenters. The maximum atomic E-state index is 12.5. The topological polar surface area (TPSA) is 123 Å². The first-order chi connectivity index (χ1) is 14.0. The number of carbonyl (C=O) groups is 2. The second kappa shape index (κ2) is 9.33. The number of nitrogens with two attached hydrogens (primary N) is 1. The molecular formula is C19H21F2N3O6. The number of alkyl halides is 2. The number of aromatic nitrogens is 2. The van der Waals surface area contributed by atoms with Gasteiger partial charge >= 0.3 is 18.3 Å². The Hall–Kier alpha value is -3.50. The molecule has 0 unspecified atom stereocenters. The van der Waals surface area contributed by atoms with Crippen molar-refractivity contribution in [2.45, 2.75) is 27.0 Å². The number of anilines is 1. The van der Waals surface area contributed by atoms with Gasteiger partial charge in [0.1, 0.15) is 17.1 Å². The van der Waals surface area contributed by atoms with E-state index in [1.807, 2.05) is 13.8 Å². The highest BCUT2D eigenvalue weighted by atomic mass is 19.3. The number of halogens is 2. The minimum absolute atomic E-state index is 0.0142. The van der Waals surface area contributed by atoms with Crippen molar-refractivity contribution in [3.05, 3.63) is 56.2 Å². The Morgan fingerprint density at radius 2 is 1.73 bits per heavy atom. The zero-order valence-corrected chi connectivity index (χ0v) is 16.6. The van der Waals surface area contributed by atoms with Gasteiger partial charge in [0, 0.05) is 13.6 Å². The van der Waals surface area contributed by atoms with Gasteiger partial charge in [0.05, 0.1) is 5.56 Å². The summed E-state index contributed by atoms with van der Waals surface area (Å²) in [5, 5.41) is 0. The number of nitrogens with zero attached hydrogens (tertiary/aromatic N) is 2. The third kappa shape index (κ3) is 5.10. The van der Waals surface area contributed by atoms with Crippen LogP contribution in [0.2, 0.25) is 0 Å². The van der Waals surface area contributed by atoms with E-state index in [4.69, 9.17) is 10.5 Å². The molecule has 30 heavy (non-hydrogen) atoms. The van der Waals surface area contributed by atoms with Crippen molar-refractivity contribution in [1.29, 1.82) is 0 Å². The van der Waals surface area contributed by atoms with E-state index in [2.05, 4.69) is 4.74 Å². The van der Waals surface area contributed by atoms with E-state index in [9.17, 15) is 28.0 Å². The molecule has 0 amide bonds. The number of hydrogen-bond acceptors (Lipinski definition) is 7. The van der Waals surface area contributed by atoms with Crippen LogP contribution in [-0.2, 0) is 18.3 Å². The van der Waals surface area contributed by atoms with Crippen molar-refractivity contribution in [3.63, 3.8) is 0 Å². The maximum Gasteiger partial charge on any atom is 0.387 e. The van der Waals surface area contributed by atoms with Crippen molar-refractivity contribution in [2.75, 3.05) is 12.3 Å². The molecule has 0 radical (unpaired) electrons. The summed E-state index contributed by atoms with van der Waals surface area (Å²) >= 11 is 0. The zero-order chi connectivity index (χ0) is 22.6. The summed E-state index contributed by atoms with van der Waals surface area (Å²) in [5.74, 6) is -2.23. The van der Waals surface area contributed by atoms with E-state index in [0.717, 1.165) is 21.3 Å². The van der Waals surface area contributed by atoms with E-state index in [0.29, 0.717) is 0 Å². The summed E-state index contributed by atoms with van der Waals surface area (Å²) in [6.07, 6.45) is 0. The predicted octanol–water partition coefficient (Wildman–Crippen LogP) is 1.43. The summed E-state index contributed by atoms with van der Waals surface area (Å²) in [4.78, 5) is 49.2. The van der Waals surface area contributed by atoms with Crippen LogP contribution in [0.15, 0.2) is 33.9 Å². The molecule has 0 saturated carbocycles. The quantitative estimate of drug-likeness (QED) is 0.501. The van der Waals surface area contributed by atoms with Crippen LogP contribution in [0, 0.1) is 5.92 Å². The van der Waals surface area contributed by atoms with Gasteiger partial charge in [0.2, 0.25) is 5.78 Å². The second-order valence-electron chi connectivity index (χ2n) is 6.81. The van der Waals surface area contributed by atoms with Crippen molar-refractivity contribution >= 4 is 17.6 Å². The molecule has 2 aromatic rings. The number of nitrogen functional groups attached to an aromatic ring is 1. The van der Waals surface area contributed by atoms with Crippen LogP contribution in [0.4, 0.5) is 14.6 Å². The molecule has 162 valence electrons. The molecule has 0 aliphatic heterocycles. The van der Waals surface area contributed by atoms with Crippen molar-refractivity contribution < 1.29 is 27.8 Å². The highest BCUT2D eigenvalue weighted by molar-refractivity contribution is 6.02. The van der Waals surface area contributed by atoms with Gasteiger partial charge in [-0.2, -0.15) is 8.78 Å². The van der Waals surface area contributed by atoms with Crippen LogP contribution in [0.1, 0.15) is 34.6 Å². The number of ether oxygens (including phenoxy) is 2. The highest BCUT2D eigenvalue weighted by Crippen LogP contribution is 2.16. The largest absolute Gasteiger partial charge is 0.454 e. The number of rotatable bonds is 8. The number of benzene rings is 1. The lowest BCUT2D eigenvalue weighted by Crippen LogP contribution is -2.43. The normalized spacial score (nSPS) is 11.0. The minimum atomic E-state index is -3.01. The molecule has 9 nitrogen and oxygen atoms in total. The Kier molecular flexibility index (Phi) is 7.09. The van der Waals surface area contributed by atoms with Crippen molar-refractivity contribution in [1.82, 2.24) is 9.13 Å². The summed E-state index contributed by atoms with van der Waals surface area (Å²) in [6, 6.07) is 4.64. The van der Waals surface area contributed by atoms with Crippen LogP contribution < -0.4 is 21.7 Å². The van der Waals surface area contributed by atoms with Crippen molar-refractivity contribution in [2.24, 2.45) is 13.0 Å². The first-order valence-corrected chi connectivity index (χ1v) is 8.87. The van der Waals surface area contributed by atoms with Crippen LogP contribution in [0.3, 0.4) is 0 Å². The van der Waals surface area contributed by atoms with Crippen molar-refractivity contribution in [3.8, 4) is 5.75 Å². The van der Waals surface area contributed by atoms with Crippen LogP contribution in [-0.4, -0.2) is 34.1 Å². The Labute approximate surface area is 169 Å². The lowest BCUT2D eigenvalue weighted by atomic mass is 10.1. The summed E-state index contributed by atoms with van der Waals surface area (Å²) in [6.45, 7) is 0.0437. The van der Waals surface area contributed by atoms with Gasteiger partial charge in [-0.3, -0.25) is 18.7 Å². The fourth-order valence-corrected chi connectivity index (χ4v) is 2.65. The molecule has 0 fully saturated rings. The van der Waals surface area contributed by atoms with Crippen LogP contribution >= 0.6 is 0 Å². The van der Waals surface area contributed by atoms with Gasteiger partial charge in [0.25, 0.3) is 5.56 Å². The third-order valence-corrected chi connectivity index (χ3v) is 4.06. The predicted molar refractivity (Wildman–Crippen MR) is 103 cm³/mol. The second-order valence-corrected chi connectivity index (χ2v) is 6.81. The lowest BCUT2D eigenvalue weighted by molar-refractivity contribution is -0.0498. The zero-order valence-electron chi connectivity index (χ0n) is 16.6. The maximum absolute atomic E-state index is 12.5. The van der Waals surface area contributed by atoms with E-state index < -0.39 is 41.8 Å². The molecule has 0 bridgehead atoms. The lowest BCUT2D eigenvalue weighted by Gasteiger charge is -2.16. The molecular weight excluding hydrogens is 404 g/mol. The highest BCUT2D eigenvalue weighted by Gasteiger charge is 2.23. The van der Waals surface area contributed by atoms with Gasteiger partial charge in [-0.15, -0.1) is 0 Å². The minimum Gasteiger partial charge on any atom is -0.454 e. The number of Topliss-reactive ketones (excluding diaryl/α,β-unsaturated/α-hetero) is 1. The van der Waals surface area contributed by atoms with Gasteiger partial charge in [0.15, 0.2) is 6.61 Å². The monoisotopic (exact) mass is 425 g/mol. The van der Waals surface area contributed by atoms with E-state index in [1.54, 1.807) is 0 Å². The first-order valence-electron chi connectivity index (χ1n) is 8.87. The molecule has 11 heteroatoms. The Morgan fingerprint density at radius 1 is 1.13 bits per heavy atom. The average Bonchev–Trinajstić information content (AvgIpc) is 2.68. The van der Waals surface area contributed by atoms with E-state index in [-0.39, 0.29) is 29.6 Å². The average molecular weight is 425 g/mol. The van der Waals surface area contributed by atoms with Gasteiger partial charge in [-0.1, -0.05) is 13.8 Å². The van der Waals surface area contributed by atoms with Gasteiger partial charge in [-0.05, 0) is 30.2 Å².